The third-order valence-corrected chi connectivity index (χ3v) is 2.22. The number of aromatic nitrogens is 2. The lowest BCUT2D eigenvalue weighted by Crippen LogP contribution is -2.14. The van der Waals surface area contributed by atoms with Crippen LogP contribution in [0.25, 0.3) is 0 Å². The molecule has 1 aromatic heterocycles. The first kappa shape index (κ1) is 8.10. The molecule has 5 heteroatoms. The molecule has 0 spiro atoms. The molecule has 2 rings (SSSR count). The molecule has 0 fully saturated rings. The van der Waals surface area contributed by atoms with Crippen molar-refractivity contribution < 1.29 is 9.90 Å². The highest BCUT2D eigenvalue weighted by Crippen LogP contribution is 2.21. The highest BCUT2D eigenvalue weighted by atomic mass is 16.4. The van der Waals surface area contributed by atoms with Gasteiger partial charge in [-0.25, -0.2) is 4.79 Å². The zero-order chi connectivity index (χ0) is 9.26. The molecule has 0 radical (unpaired) electrons. The molecule has 1 amide bonds. The molecule has 2 heterocycles. The van der Waals surface area contributed by atoms with E-state index < -0.39 is 6.09 Å². The van der Waals surface area contributed by atoms with E-state index in [1.807, 2.05) is 4.68 Å². The topological polar surface area (TPSA) is 67.2 Å². The summed E-state index contributed by atoms with van der Waals surface area (Å²) in [5, 5.41) is 15.0. The Morgan fingerprint density at radius 2 is 2.46 bits per heavy atom. The molecular formula is C8H11N3O2. The van der Waals surface area contributed by atoms with Crippen molar-refractivity contribution in [2.24, 2.45) is 0 Å². The van der Waals surface area contributed by atoms with Crippen LogP contribution >= 0.6 is 0 Å². The van der Waals surface area contributed by atoms with Gasteiger partial charge < -0.3 is 5.11 Å². The summed E-state index contributed by atoms with van der Waals surface area (Å²) in [4.78, 5) is 10.4. The number of nitrogens with zero attached hydrogens (tertiary/aromatic N) is 2. The Morgan fingerprint density at radius 1 is 1.62 bits per heavy atom. The molecule has 70 valence electrons. The predicted molar refractivity (Wildman–Crippen MR) is 46.8 cm³/mol. The summed E-state index contributed by atoms with van der Waals surface area (Å²) < 4.78 is 1.87. The van der Waals surface area contributed by atoms with Crippen LogP contribution in [0.1, 0.15) is 18.5 Å². The maximum absolute atomic E-state index is 10.4. The van der Waals surface area contributed by atoms with E-state index in [1.54, 1.807) is 6.20 Å². The van der Waals surface area contributed by atoms with E-state index in [1.165, 1.54) is 0 Å². The van der Waals surface area contributed by atoms with Crippen molar-refractivity contribution in [1.29, 1.82) is 0 Å². The number of rotatable bonds is 1. The van der Waals surface area contributed by atoms with Gasteiger partial charge in [-0.2, -0.15) is 5.10 Å². The van der Waals surface area contributed by atoms with E-state index in [2.05, 4.69) is 10.4 Å². The maximum atomic E-state index is 10.4. The fraction of sp³-hybridized carbons (Fsp3) is 0.500. The fourth-order valence-electron chi connectivity index (χ4n) is 1.64. The van der Waals surface area contributed by atoms with Crippen LogP contribution in [-0.2, 0) is 13.0 Å². The average molecular weight is 181 g/mol. The number of anilines is 1. The minimum absolute atomic E-state index is 0.632. The van der Waals surface area contributed by atoms with Crippen molar-refractivity contribution in [2.75, 3.05) is 5.32 Å². The number of nitrogens with one attached hydrogen (secondary N) is 1. The van der Waals surface area contributed by atoms with Gasteiger partial charge in [0.05, 0.1) is 17.6 Å². The monoisotopic (exact) mass is 181 g/mol. The van der Waals surface area contributed by atoms with Gasteiger partial charge in [-0.3, -0.25) is 10.00 Å². The SMILES string of the molecule is O=C(O)Nc1cnn2c1CCCC2. The number of carbonyl (C=O) groups is 1. The zero-order valence-electron chi connectivity index (χ0n) is 7.16. The molecule has 0 aromatic carbocycles. The van der Waals surface area contributed by atoms with E-state index in [0.29, 0.717) is 5.69 Å². The predicted octanol–water partition coefficient (Wildman–Crippen LogP) is 1.31. The normalized spacial score (nSPS) is 15.1. The van der Waals surface area contributed by atoms with Crippen LogP contribution in [0, 0.1) is 0 Å². The molecule has 1 aliphatic heterocycles. The summed E-state index contributed by atoms with van der Waals surface area (Å²) in [5.41, 5.74) is 1.64. The van der Waals surface area contributed by atoms with Crippen molar-refractivity contribution in [3.8, 4) is 0 Å². The van der Waals surface area contributed by atoms with Crippen LogP contribution < -0.4 is 5.32 Å². The Hall–Kier alpha value is -1.52. The summed E-state index contributed by atoms with van der Waals surface area (Å²) in [7, 11) is 0. The largest absolute Gasteiger partial charge is 0.465 e. The van der Waals surface area contributed by atoms with Gasteiger partial charge in [-0.15, -0.1) is 0 Å². The third kappa shape index (κ3) is 1.49. The van der Waals surface area contributed by atoms with Crippen LogP contribution in [-0.4, -0.2) is 21.0 Å². The number of hydrogen-bond donors (Lipinski definition) is 2. The molecule has 0 atom stereocenters. The maximum Gasteiger partial charge on any atom is 0.409 e. The van der Waals surface area contributed by atoms with Gasteiger partial charge in [0.2, 0.25) is 0 Å². The van der Waals surface area contributed by atoms with Crippen molar-refractivity contribution in [3.05, 3.63) is 11.9 Å². The molecule has 1 aliphatic rings. The quantitative estimate of drug-likeness (QED) is 0.686. The Labute approximate surface area is 75.4 Å². The van der Waals surface area contributed by atoms with Gasteiger partial charge in [-0.1, -0.05) is 0 Å². The van der Waals surface area contributed by atoms with E-state index in [0.717, 1.165) is 31.5 Å². The summed E-state index contributed by atoms with van der Waals surface area (Å²) in [6.45, 7) is 0.899. The number of hydrogen-bond acceptors (Lipinski definition) is 2. The standard InChI is InChI=1S/C8H11N3O2/c12-8(13)10-6-5-9-11-4-2-1-3-7(6)11/h5,10H,1-4H2,(H,12,13). The highest BCUT2D eigenvalue weighted by molar-refractivity contribution is 5.83. The molecule has 2 N–H and O–H groups in total. The smallest absolute Gasteiger partial charge is 0.409 e. The van der Waals surface area contributed by atoms with Crippen LogP contribution in [0.4, 0.5) is 10.5 Å². The number of aryl methyl sites for hydroxylation is 1. The highest BCUT2D eigenvalue weighted by Gasteiger charge is 2.15. The van der Waals surface area contributed by atoms with Crippen molar-refractivity contribution >= 4 is 11.8 Å². The second kappa shape index (κ2) is 3.08. The second-order valence-corrected chi connectivity index (χ2v) is 3.12. The van der Waals surface area contributed by atoms with Crippen LogP contribution in [0.3, 0.4) is 0 Å². The molecule has 13 heavy (non-hydrogen) atoms. The Balaban J connectivity index is 2.26. The molecular weight excluding hydrogens is 170 g/mol. The van der Waals surface area contributed by atoms with Crippen molar-refractivity contribution in [1.82, 2.24) is 9.78 Å². The first-order valence-electron chi connectivity index (χ1n) is 4.32. The Kier molecular flexibility index (Phi) is 1.92. The molecule has 0 saturated carbocycles. The van der Waals surface area contributed by atoms with Crippen molar-refractivity contribution in [3.63, 3.8) is 0 Å². The lowest BCUT2D eigenvalue weighted by Gasteiger charge is -2.14. The molecule has 1 aromatic rings. The van der Waals surface area contributed by atoms with Gasteiger partial charge in [-0.05, 0) is 19.3 Å². The third-order valence-electron chi connectivity index (χ3n) is 2.22. The van der Waals surface area contributed by atoms with Gasteiger partial charge in [0.15, 0.2) is 0 Å². The van der Waals surface area contributed by atoms with E-state index in [-0.39, 0.29) is 0 Å². The molecule has 5 nitrogen and oxygen atoms in total. The van der Waals surface area contributed by atoms with Gasteiger partial charge in [0.25, 0.3) is 0 Å². The number of carboxylic acid groups (broad SMARTS) is 1. The summed E-state index contributed by atoms with van der Waals surface area (Å²) in [5.74, 6) is 0. The molecule has 0 saturated heterocycles. The Morgan fingerprint density at radius 3 is 3.23 bits per heavy atom. The minimum atomic E-state index is -1.03. The zero-order valence-corrected chi connectivity index (χ0v) is 7.16. The minimum Gasteiger partial charge on any atom is -0.465 e. The van der Waals surface area contributed by atoms with Crippen molar-refractivity contribution in [2.45, 2.75) is 25.8 Å². The Bertz CT molecular complexity index is 332. The molecule has 0 unspecified atom stereocenters. The second-order valence-electron chi connectivity index (χ2n) is 3.12. The first-order chi connectivity index (χ1) is 6.27. The summed E-state index contributed by atoms with van der Waals surface area (Å²) in [6.07, 6.45) is 3.70. The summed E-state index contributed by atoms with van der Waals surface area (Å²) >= 11 is 0. The lowest BCUT2D eigenvalue weighted by atomic mass is 10.1. The average Bonchev–Trinajstić information content (AvgIpc) is 2.48. The number of fused-ring (bicyclic) bond motifs is 1. The van der Waals surface area contributed by atoms with Crippen LogP contribution in [0.5, 0.6) is 0 Å². The van der Waals surface area contributed by atoms with E-state index in [4.69, 9.17) is 5.11 Å². The van der Waals surface area contributed by atoms with E-state index >= 15 is 0 Å². The summed E-state index contributed by atoms with van der Waals surface area (Å²) in [6, 6.07) is 0. The molecule has 0 aliphatic carbocycles. The van der Waals surface area contributed by atoms with Gasteiger partial charge >= 0.3 is 6.09 Å². The fourth-order valence-corrected chi connectivity index (χ4v) is 1.64. The number of amides is 1. The lowest BCUT2D eigenvalue weighted by molar-refractivity contribution is 0.209. The first-order valence-corrected chi connectivity index (χ1v) is 4.32. The molecule has 0 bridgehead atoms. The van der Waals surface area contributed by atoms with E-state index in [9.17, 15) is 4.79 Å². The van der Waals surface area contributed by atoms with Crippen LogP contribution in [0.15, 0.2) is 6.20 Å². The van der Waals surface area contributed by atoms with Crippen LogP contribution in [0.2, 0.25) is 0 Å². The van der Waals surface area contributed by atoms with Gasteiger partial charge in [0, 0.05) is 6.54 Å². The van der Waals surface area contributed by atoms with Gasteiger partial charge in [0.1, 0.15) is 0 Å².